The topological polar surface area (TPSA) is 12.6 Å². The van der Waals surface area contributed by atoms with Gasteiger partial charge in [-0.2, -0.15) is 0 Å². The summed E-state index contributed by atoms with van der Waals surface area (Å²) in [5.41, 5.74) is 13.1. The molecule has 0 atom stereocenters. The SMILES string of the molecule is Cc1ccc(N(c2ccc(C)cc2)c2cccc(-n3c4ccccc4c4cc5c6ccccc6c6cc7ccccc7n6c5cc43)c2)cc1. The molecule has 0 aliphatic heterocycles. The molecule has 0 saturated carbocycles. The van der Waals surface area contributed by atoms with Crippen LogP contribution in [-0.2, 0) is 0 Å². The van der Waals surface area contributed by atoms with Gasteiger partial charge in [-0.05, 0) is 92.0 Å². The molecule has 0 N–H and O–H groups in total. The highest BCUT2D eigenvalue weighted by Crippen LogP contribution is 2.41. The molecular formula is C46H33N3. The molecule has 0 fully saturated rings. The van der Waals surface area contributed by atoms with E-state index in [2.05, 4.69) is 192 Å². The smallest absolute Gasteiger partial charge is 0.0562 e. The Balaban J connectivity index is 1.28. The minimum absolute atomic E-state index is 1.11. The predicted octanol–water partition coefficient (Wildman–Crippen LogP) is 12.6. The molecule has 0 amide bonds. The minimum Gasteiger partial charge on any atom is -0.310 e. The zero-order valence-corrected chi connectivity index (χ0v) is 27.4. The maximum Gasteiger partial charge on any atom is 0.0562 e. The lowest BCUT2D eigenvalue weighted by molar-refractivity contribution is 1.17. The molecule has 232 valence electrons. The molecular weight excluding hydrogens is 595 g/mol. The van der Waals surface area contributed by atoms with Crippen LogP contribution in [0.1, 0.15) is 11.1 Å². The molecule has 3 nitrogen and oxygen atoms in total. The first kappa shape index (κ1) is 27.8. The summed E-state index contributed by atoms with van der Waals surface area (Å²) in [6.07, 6.45) is 0. The third-order valence-electron chi connectivity index (χ3n) is 10.2. The first-order valence-electron chi connectivity index (χ1n) is 16.9. The fourth-order valence-corrected chi connectivity index (χ4v) is 7.84. The van der Waals surface area contributed by atoms with E-state index in [1.807, 2.05) is 0 Å². The number of fused-ring (bicyclic) bond motifs is 11. The number of aryl methyl sites for hydroxylation is 2. The Labute approximate surface area is 284 Å². The number of aromatic nitrogens is 2. The second kappa shape index (κ2) is 10.6. The van der Waals surface area contributed by atoms with Gasteiger partial charge in [0.1, 0.15) is 0 Å². The lowest BCUT2D eigenvalue weighted by Crippen LogP contribution is -2.10. The van der Waals surface area contributed by atoms with Gasteiger partial charge in [0, 0.05) is 49.7 Å². The molecule has 0 radical (unpaired) electrons. The molecule has 0 unspecified atom stereocenters. The van der Waals surface area contributed by atoms with Gasteiger partial charge in [0.2, 0.25) is 0 Å². The van der Waals surface area contributed by atoms with E-state index in [-0.39, 0.29) is 0 Å². The Morgan fingerprint density at radius 2 is 0.939 bits per heavy atom. The highest BCUT2D eigenvalue weighted by Gasteiger charge is 2.19. The highest BCUT2D eigenvalue weighted by atomic mass is 15.1. The number of hydrogen-bond donors (Lipinski definition) is 0. The van der Waals surface area contributed by atoms with Crippen LogP contribution < -0.4 is 4.90 Å². The van der Waals surface area contributed by atoms with Crippen LogP contribution in [0.2, 0.25) is 0 Å². The summed E-state index contributed by atoms with van der Waals surface area (Å²) in [5, 5.41) is 7.57. The van der Waals surface area contributed by atoms with Crippen molar-refractivity contribution < 1.29 is 0 Å². The zero-order valence-electron chi connectivity index (χ0n) is 27.4. The molecule has 10 rings (SSSR count). The van der Waals surface area contributed by atoms with Crippen molar-refractivity contribution in [3.05, 3.63) is 175 Å². The summed E-state index contributed by atoms with van der Waals surface area (Å²) >= 11 is 0. The normalized spacial score (nSPS) is 11.9. The lowest BCUT2D eigenvalue weighted by Gasteiger charge is -2.26. The standard InChI is InChI=1S/C46H33N3/c1-30-18-22-33(23-19-30)47(34-24-20-31(2)21-25-34)35-11-9-12-36(27-35)48-43-17-8-6-15-39(43)41-28-40-37-13-4-5-14-38(37)44-26-32-10-3-7-16-42(32)49(44)46(40)29-45(41)48/h3-29H,1-2H3. The number of para-hydroxylation sites is 2. The third kappa shape index (κ3) is 4.22. The second-order valence-electron chi connectivity index (χ2n) is 13.2. The van der Waals surface area contributed by atoms with Crippen molar-refractivity contribution in [1.29, 1.82) is 0 Å². The second-order valence-corrected chi connectivity index (χ2v) is 13.2. The van der Waals surface area contributed by atoms with E-state index in [1.54, 1.807) is 0 Å². The van der Waals surface area contributed by atoms with Crippen molar-refractivity contribution in [2.75, 3.05) is 4.90 Å². The van der Waals surface area contributed by atoms with Crippen molar-refractivity contribution in [3.8, 4) is 5.69 Å². The molecule has 0 spiro atoms. The number of hydrogen-bond acceptors (Lipinski definition) is 1. The molecule has 3 heteroatoms. The van der Waals surface area contributed by atoms with Crippen LogP contribution in [0, 0.1) is 13.8 Å². The number of pyridine rings is 1. The van der Waals surface area contributed by atoms with Crippen molar-refractivity contribution >= 4 is 77.0 Å². The maximum absolute atomic E-state index is 2.46. The van der Waals surface area contributed by atoms with Crippen LogP contribution in [0.4, 0.5) is 17.1 Å². The van der Waals surface area contributed by atoms with E-state index < -0.39 is 0 Å². The van der Waals surface area contributed by atoms with Gasteiger partial charge in [-0.1, -0.05) is 102 Å². The molecule has 7 aromatic carbocycles. The predicted molar refractivity (Wildman–Crippen MR) is 208 cm³/mol. The summed E-state index contributed by atoms with van der Waals surface area (Å²) < 4.78 is 4.91. The molecule has 0 bridgehead atoms. The lowest BCUT2D eigenvalue weighted by atomic mass is 10.0. The van der Waals surface area contributed by atoms with Crippen LogP contribution in [0.15, 0.2) is 164 Å². The van der Waals surface area contributed by atoms with Gasteiger partial charge in [-0.15, -0.1) is 0 Å². The maximum atomic E-state index is 2.46. The summed E-state index contributed by atoms with van der Waals surface area (Å²) in [5.74, 6) is 0. The van der Waals surface area contributed by atoms with Crippen molar-refractivity contribution in [3.63, 3.8) is 0 Å². The Morgan fingerprint density at radius 1 is 0.367 bits per heavy atom. The van der Waals surface area contributed by atoms with E-state index in [1.165, 1.54) is 71.0 Å². The Bertz CT molecular complexity index is 2840. The fraction of sp³-hybridized carbons (Fsp3) is 0.0435. The van der Waals surface area contributed by atoms with Crippen LogP contribution in [-0.4, -0.2) is 8.97 Å². The Kier molecular flexibility index (Phi) is 6.00. The van der Waals surface area contributed by atoms with Gasteiger partial charge in [0.15, 0.2) is 0 Å². The van der Waals surface area contributed by atoms with Crippen LogP contribution in [0.25, 0.3) is 65.6 Å². The molecule has 0 aliphatic carbocycles. The van der Waals surface area contributed by atoms with Crippen LogP contribution >= 0.6 is 0 Å². The number of anilines is 3. The first-order chi connectivity index (χ1) is 24.1. The van der Waals surface area contributed by atoms with Gasteiger partial charge in [-0.25, -0.2) is 0 Å². The summed E-state index contributed by atoms with van der Waals surface area (Å²) in [4.78, 5) is 2.35. The largest absolute Gasteiger partial charge is 0.310 e. The monoisotopic (exact) mass is 627 g/mol. The Morgan fingerprint density at radius 3 is 1.65 bits per heavy atom. The quantitative estimate of drug-likeness (QED) is 0.177. The van der Waals surface area contributed by atoms with Gasteiger partial charge in [0.25, 0.3) is 0 Å². The number of nitrogens with zero attached hydrogens (tertiary/aromatic N) is 3. The summed E-state index contributed by atoms with van der Waals surface area (Å²) in [6, 6.07) is 60.2. The summed E-state index contributed by atoms with van der Waals surface area (Å²) in [6.45, 7) is 4.28. The number of rotatable bonds is 4. The molecule has 3 heterocycles. The Hall–Kier alpha value is -6.32. The van der Waals surface area contributed by atoms with Gasteiger partial charge >= 0.3 is 0 Å². The minimum atomic E-state index is 1.11. The van der Waals surface area contributed by atoms with Gasteiger partial charge in [-0.3, -0.25) is 0 Å². The van der Waals surface area contributed by atoms with E-state index in [4.69, 9.17) is 0 Å². The van der Waals surface area contributed by atoms with Crippen molar-refractivity contribution in [1.82, 2.24) is 8.97 Å². The average molecular weight is 628 g/mol. The first-order valence-corrected chi connectivity index (χ1v) is 16.9. The third-order valence-corrected chi connectivity index (χ3v) is 10.2. The number of benzene rings is 7. The highest BCUT2D eigenvalue weighted by molar-refractivity contribution is 6.21. The molecule has 0 aliphatic rings. The van der Waals surface area contributed by atoms with E-state index in [0.717, 1.165) is 22.7 Å². The van der Waals surface area contributed by atoms with Crippen molar-refractivity contribution in [2.45, 2.75) is 13.8 Å². The molecule has 3 aromatic heterocycles. The van der Waals surface area contributed by atoms with Crippen LogP contribution in [0.3, 0.4) is 0 Å². The zero-order chi connectivity index (χ0) is 32.6. The van der Waals surface area contributed by atoms with Crippen molar-refractivity contribution in [2.24, 2.45) is 0 Å². The average Bonchev–Trinajstić information content (AvgIpc) is 3.69. The van der Waals surface area contributed by atoms with E-state index in [0.29, 0.717) is 0 Å². The van der Waals surface area contributed by atoms with Gasteiger partial charge < -0.3 is 13.9 Å². The van der Waals surface area contributed by atoms with E-state index >= 15 is 0 Å². The molecule has 10 aromatic rings. The summed E-state index contributed by atoms with van der Waals surface area (Å²) in [7, 11) is 0. The fourth-order valence-electron chi connectivity index (χ4n) is 7.84. The van der Waals surface area contributed by atoms with Crippen LogP contribution in [0.5, 0.6) is 0 Å². The molecule has 49 heavy (non-hydrogen) atoms. The molecule has 0 saturated heterocycles. The van der Waals surface area contributed by atoms with E-state index in [9.17, 15) is 0 Å². The van der Waals surface area contributed by atoms with Gasteiger partial charge in [0.05, 0.1) is 27.6 Å².